The van der Waals surface area contributed by atoms with Crippen LogP contribution in [0.4, 0.5) is 5.69 Å². The molecule has 138 valence electrons. The molecule has 1 aliphatic rings. The largest absolute Gasteiger partial charge is 0.495 e. The van der Waals surface area contributed by atoms with Crippen LogP contribution in [0.3, 0.4) is 0 Å². The summed E-state index contributed by atoms with van der Waals surface area (Å²) in [4.78, 5) is 12.5. The van der Waals surface area contributed by atoms with Crippen LogP contribution in [-0.2, 0) is 10.0 Å². The summed E-state index contributed by atoms with van der Waals surface area (Å²) in [6.45, 7) is 0.136. The molecule has 9 heteroatoms. The second kappa shape index (κ2) is 6.85. The number of ether oxygens (including phenoxy) is 3. The lowest BCUT2D eigenvalue weighted by molar-refractivity contribution is 0.102. The molecule has 0 radical (unpaired) electrons. The normalized spacial score (nSPS) is 12.9. The van der Waals surface area contributed by atoms with E-state index in [9.17, 15) is 13.2 Å². The highest BCUT2D eigenvalue weighted by molar-refractivity contribution is 7.89. The van der Waals surface area contributed by atoms with Crippen molar-refractivity contribution < 1.29 is 27.4 Å². The number of methoxy groups -OCH3 is 1. The number of carbonyl (C=O) groups excluding carboxylic acids is 1. The fourth-order valence-electron chi connectivity index (χ4n) is 2.39. The summed E-state index contributed by atoms with van der Waals surface area (Å²) in [5, 5.41) is 2.71. The Kier molecular flexibility index (Phi) is 4.75. The Balaban J connectivity index is 1.90. The number of rotatable bonds is 5. The number of fused-ring (bicyclic) bond motifs is 1. The first kappa shape index (κ1) is 18.0. The van der Waals surface area contributed by atoms with Gasteiger partial charge in [-0.3, -0.25) is 4.79 Å². The average Bonchev–Trinajstić information content (AvgIpc) is 3.08. The van der Waals surface area contributed by atoms with Crippen molar-refractivity contribution in [2.75, 3.05) is 33.3 Å². The third-order valence-corrected chi connectivity index (χ3v) is 5.65. The van der Waals surface area contributed by atoms with Crippen molar-refractivity contribution >= 4 is 21.6 Å². The minimum absolute atomic E-state index is 0.0802. The Hall–Kier alpha value is -2.78. The molecule has 8 nitrogen and oxygen atoms in total. The van der Waals surface area contributed by atoms with Crippen LogP contribution in [0.15, 0.2) is 41.3 Å². The first-order chi connectivity index (χ1) is 12.3. The quantitative estimate of drug-likeness (QED) is 0.854. The number of hydrogen-bond donors (Lipinski definition) is 1. The second-order valence-corrected chi connectivity index (χ2v) is 7.80. The van der Waals surface area contributed by atoms with Gasteiger partial charge < -0.3 is 19.5 Å². The molecule has 0 unspecified atom stereocenters. The van der Waals surface area contributed by atoms with E-state index in [1.165, 1.54) is 39.4 Å². The van der Waals surface area contributed by atoms with Gasteiger partial charge in [0.2, 0.25) is 16.8 Å². The van der Waals surface area contributed by atoms with Crippen molar-refractivity contribution in [2.24, 2.45) is 0 Å². The van der Waals surface area contributed by atoms with Crippen molar-refractivity contribution in [3.8, 4) is 17.2 Å². The smallest absolute Gasteiger partial charge is 0.255 e. The maximum atomic E-state index is 12.5. The molecule has 0 bridgehead atoms. The zero-order valence-corrected chi connectivity index (χ0v) is 15.3. The molecule has 1 aliphatic heterocycles. The lowest BCUT2D eigenvalue weighted by Gasteiger charge is -2.15. The Morgan fingerprint density at radius 3 is 2.54 bits per heavy atom. The van der Waals surface area contributed by atoms with E-state index in [2.05, 4.69) is 5.32 Å². The van der Waals surface area contributed by atoms with Crippen LogP contribution >= 0.6 is 0 Å². The topological polar surface area (TPSA) is 94.2 Å². The van der Waals surface area contributed by atoms with Crippen LogP contribution < -0.4 is 19.5 Å². The van der Waals surface area contributed by atoms with Gasteiger partial charge in [-0.25, -0.2) is 12.7 Å². The number of carbonyl (C=O) groups is 1. The minimum Gasteiger partial charge on any atom is -0.495 e. The monoisotopic (exact) mass is 378 g/mol. The van der Waals surface area contributed by atoms with Crippen LogP contribution in [0.25, 0.3) is 0 Å². The van der Waals surface area contributed by atoms with Gasteiger partial charge in [0, 0.05) is 31.4 Å². The van der Waals surface area contributed by atoms with Gasteiger partial charge in [-0.05, 0) is 30.3 Å². The van der Waals surface area contributed by atoms with Crippen LogP contribution in [0, 0.1) is 0 Å². The molecule has 2 aromatic rings. The Morgan fingerprint density at radius 2 is 1.85 bits per heavy atom. The summed E-state index contributed by atoms with van der Waals surface area (Å²) in [5.41, 5.74) is 0.691. The highest BCUT2D eigenvalue weighted by atomic mass is 32.2. The third-order valence-electron chi connectivity index (χ3n) is 3.81. The predicted octanol–water partition coefficient (Wildman–Crippen LogP) is 1.93. The minimum atomic E-state index is -3.76. The molecule has 0 saturated heterocycles. The molecule has 3 rings (SSSR count). The van der Waals surface area contributed by atoms with Crippen molar-refractivity contribution in [2.45, 2.75) is 4.90 Å². The van der Waals surface area contributed by atoms with Gasteiger partial charge in [0.25, 0.3) is 5.91 Å². The SMILES string of the molecule is COc1ccc(C(=O)Nc2ccc3c(c2)OCO3)cc1S(=O)(=O)N(C)C. The molecule has 0 saturated carbocycles. The molecular formula is C17H18N2O6S. The number of nitrogens with one attached hydrogen (secondary N) is 1. The zero-order chi connectivity index (χ0) is 18.9. The van der Waals surface area contributed by atoms with Crippen molar-refractivity contribution in [1.82, 2.24) is 4.31 Å². The molecule has 0 fully saturated rings. The van der Waals surface area contributed by atoms with E-state index in [4.69, 9.17) is 14.2 Å². The molecule has 1 N–H and O–H groups in total. The number of hydrogen-bond acceptors (Lipinski definition) is 6. The summed E-state index contributed by atoms with van der Waals surface area (Å²) in [7, 11) is 0.428. The van der Waals surface area contributed by atoms with Gasteiger partial charge in [0.05, 0.1) is 7.11 Å². The summed E-state index contributed by atoms with van der Waals surface area (Å²) in [6, 6.07) is 9.23. The first-order valence-corrected chi connectivity index (χ1v) is 9.08. The fraction of sp³-hybridized carbons (Fsp3) is 0.235. The molecule has 0 atom stereocenters. The molecule has 0 aromatic heterocycles. The second-order valence-electron chi connectivity index (χ2n) is 5.68. The summed E-state index contributed by atoms with van der Waals surface area (Å²) < 4.78 is 41.6. The van der Waals surface area contributed by atoms with Gasteiger partial charge in [0.1, 0.15) is 10.6 Å². The standard InChI is InChI=1S/C17H18N2O6S/c1-19(2)26(21,22)16-8-11(4-6-14(16)23-3)17(20)18-12-5-7-13-15(9-12)25-10-24-13/h4-9H,10H2,1-3H3,(H,18,20). The predicted molar refractivity (Wildman–Crippen MR) is 94.4 cm³/mol. The van der Waals surface area contributed by atoms with Gasteiger partial charge in [-0.2, -0.15) is 0 Å². The van der Waals surface area contributed by atoms with Gasteiger partial charge in [0.15, 0.2) is 11.5 Å². The van der Waals surface area contributed by atoms with Crippen LogP contribution in [0.1, 0.15) is 10.4 Å². The third kappa shape index (κ3) is 3.31. The fourth-order valence-corrected chi connectivity index (χ4v) is 3.47. The Morgan fingerprint density at radius 1 is 1.12 bits per heavy atom. The highest BCUT2D eigenvalue weighted by Gasteiger charge is 2.24. The first-order valence-electron chi connectivity index (χ1n) is 7.64. The molecule has 2 aromatic carbocycles. The van der Waals surface area contributed by atoms with E-state index in [0.717, 1.165) is 4.31 Å². The molecule has 1 heterocycles. The van der Waals surface area contributed by atoms with Crippen molar-refractivity contribution in [3.05, 3.63) is 42.0 Å². The van der Waals surface area contributed by atoms with E-state index in [1.807, 2.05) is 0 Å². The number of sulfonamides is 1. The van der Waals surface area contributed by atoms with E-state index >= 15 is 0 Å². The molecule has 1 amide bonds. The number of amides is 1. The van der Waals surface area contributed by atoms with Crippen molar-refractivity contribution in [1.29, 1.82) is 0 Å². The van der Waals surface area contributed by atoms with Gasteiger partial charge in [-0.1, -0.05) is 0 Å². The average molecular weight is 378 g/mol. The summed E-state index contributed by atoms with van der Waals surface area (Å²) in [5.74, 6) is 0.847. The van der Waals surface area contributed by atoms with Gasteiger partial charge in [-0.15, -0.1) is 0 Å². The van der Waals surface area contributed by atoms with E-state index < -0.39 is 15.9 Å². The van der Waals surface area contributed by atoms with Gasteiger partial charge >= 0.3 is 0 Å². The van der Waals surface area contributed by atoms with E-state index in [1.54, 1.807) is 18.2 Å². The van der Waals surface area contributed by atoms with Crippen LogP contribution in [0.2, 0.25) is 0 Å². The highest BCUT2D eigenvalue weighted by Crippen LogP contribution is 2.34. The summed E-state index contributed by atoms with van der Waals surface area (Å²) >= 11 is 0. The maximum absolute atomic E-state index is 12.5. The lowest BCUT2D eigenvalue weighted by Crippen LogP contribution is -2.23. The lowest BCUT2D eigenvalue weighted by atomic mass is 10.2. The Bertz CT molecular complexity index is 956. The molecule has 0 spiro atoms. The summed E-state index contributed by atoms with van der Waals surface area (Å²) in [6.07, 6.45) is 0. The van der Waals surface area contributed by atoms with Crippen molar-refractivity contribution in [3.63, 3.8) is 0 Å². The number of nitrogens with zero attached hydrogens (tertiary/aromatic N) is 1. The van der Waals surface area contributed by atoms with E-state index in [-0.39, 0.29) is 23.0 Å². The molecule has 0 aliphatic carbocycles. The zero-order valence-electron chi connectivity index (χ0n) is 14.5. The van der Waals surface area contributed by atoms with Crippen LogP contribution in [-0.4, -0.2) is 46.6 Å². The van der Waals surface area contributed by atoms with E-state index in [0.29, 0.717) is 17.2 Å². The molecular weight excluding hydrogens is 360 g/mol. The van der Waals surface area contributed by atoms with Crippen LogP contribution in [0.5, 0.6) is 17.2 Å². The number of benzene rings is 2. The maximum Gasteiger partial charge on any atom is 0.255 e. The number of anilines is 1. The Labute approximate surface area is 151 Å². The molecule has 26 heavy (non-hydrogen) atoms.